The lowest BCUT2D eigenvalue weighted by Gasteiger charge is -2.36. The fourth-order valence-electron chi connectivity index (χ4n) is 9.17. The molecule has 6 aromatic carbocycles. The van der Waals surface area contributed by atoms with E-state index in [1.165, 1.54) is 21.2 Å². The third-order valence-corrected chi connectivity index (χ3v) is 18.6. The van der Waals surface area contributed by atoms with Gasteiger partial charge in [0.05, 0.1) is 50.4 Å². The van der Waals surface area contributed by atoms with Gasteiger partial charge in [-0.05, 0) is 65.3 Å². The number of methoxy groups -OCH3 is 1. The Hall–Kier alpha value is -6.25. The number of hydroxylamine groups is 1. The minimum Gasteiger partial charge on any atom is -0.392 e. The summed E-state index contributed by atoms with van der Waals surface area (Å²) in [5.41, 5.74) is 13.0. The maximum atomic E-state index is 8.67. The molecule has 340 valence electrons. The highest BCUT2D eigenvalue weighted by Crippen LogP contribution is 2.62. The molecule has 0 radical (unpaired) electrons. The van der Waals surface area contributed by atoms with Crippen LogP contribution < -0.4 is 24.4 Å². The van der Waals surface area contributed by atoms with Gasteiger partial charge in [-0.2, -0.15) is 12.6 Å². The van der Waals surface area contributed by atoms with Crippen molar-refractivity contribution in [3.8, 4) is 11.4 Å². The van der Waals surface area contributed by atoms with Crippen molar-refractivity contribution >= 4 is 97.4 Å². The van der Waals surface area contributed by atoms with E-state index in [0.717, 1.165) is 70.0 Å². The smallest absolute Gasteiger partial charge is 0.240 e. The fraction of sp³-hybridized carbons (Fsp3) is 0.125. The van der Waals surface area contributed by atoms with Gasteiger partial charge in [0.25, 0.3) is 0 Å². The van der Waals surface area contributed by atoms with Crippen LogP contribution in [0.3, 0.4) is 0 Å². The third-order valence-electron chi connectivity index (χ3n) is 12.3. The number of nitrogens with one attached hydrogen (secondary N) is 2. The Bertz CT molecular complexity index is 3090. The van der Waals surface area contributed by atoms with Gasteiger partial charge in [-0.3, -0.25) is 5.41 Å². The Morgan fingerprint density at radius 1 is 0.662 bits per heavy atom. The van der Waals surface area contributed by atoms with Crippen LogP contribution in [0.5, 0.6) is 0 Å². The lowest BCUT2D eigenvalue weighted by Crippen LogP contribution is -2.45. The molecule has 0 unspecified atom stereocenters. The number of fused-ring (bicyclic) bond motifs is 4. The van der Waals surface area contributed by atoms with Gasteiger partial charge in [-0.15, -0.1) is 14.6 Å². The van der Waals surface area contributed by atoms with E-state index in [2.05, 4.69) is 233 Å². The van der Waals surface area contributed by atoms with Crippen LogP contribution in [-0.2, 0) is 9.57 Å². The molecule has 8 aromatic rings. The van der Waals surface area contributed by atoms with E-state index < -0.39 is 10.0 Å². The Morgan fingerprint density at radius 3 is 1.56 bits per heavy atom. The zero-order chi connectivity index (χ0) is 46.8. The van der Waals surface area contributed by atoms with Crippen LogP contribution in [0.25, 0.3) is 45.3 Å². The SMILES string of the molecule is C=C(COC)CS(CNOC(=N)CS)(c1cc(/C=C2/Sc3ccccc3N2C)c2ccccc2[n+]1-c1ccccc1)c1cc(/C=C2/Sc3ccccc3N2C)c2ccccc2[n+]1-c1ccccc1. The van der Waals surface area contributed by atoms with Crippen molar-refractivity contribution in [2.45, 2.75) is 19.8 Å². The molecular formula is C56H52N6O2S4+2. The van der Waals surface area contributed by atoms with Gasteiger partial charge < -0.3 is 19.4 Å². The summed E-state index contributed by atoms with van der Waals surface area (Å²) in [6.07, 6.45) is 4.68. The minimum absolute atomic E-state index is 0.0267. The van der Waals surface area contributed by atoms with Gasteiger partial charge in [-0.1, -0.05) is 125 Å². The van der Waals surface area contributed by atoms with Crippen molar-refractivity contribution < 1.29 is 18.7 Å². The molecule has 68 heavy (non-hydrogen) atoms. The van der Waals surface area contributed by atoms with E-state index in [1.807, 2.05) is 0 Å². The van der Waals surface area contributed by atoms with Crippen LogP contribution in [0.1, 0.15) is 11.1 Å². The van der Waals surface area contributed by atoms with Gasteiger partial charge in [0.2, 0.25) is 38.4 Å². The van der Waals surface area contributed by atoms with Crippen molar-refractivity contribution in [2.24, 2.45) is 0 Å². The van der Waals surface area contributed by atoms with E-state index in [4.69, 9.17) is 21.6 Å². The molecule has 0 aliphatic carbocycles. The molecule has 10 rings (SSSR count). The number of ether oxygens (including phenoxy) is 1. The van der Waals surface area contributed by atoms with Crippen molar-refractivity contribution in [2.75, 3.05) is 55.0 Å². The molecule has 0 saturated carbocycles. The second-order valence-electron chi connectivity index (χ2n) is 16.7. The first-order chi connectivity index (χ1) is 33.3. The van der Waals surface area contributed by atoms with Crippen LogP contribution >= 0.6 is 46.2 Å². The summed E-state index contributed by atoms with van der Waals surface area (Å²) in [6.45, 7) is 5.11. The van der Waals surface area contributed by atoms with Crippen molar-refractivity contribution in [1.29, 1.82) is 5.41 Å². The van der Waals surface area contributed by atoms with Gasteiger partial charge in [-0.25, -0.2) is 0 Å². The zero-order valence-electron chi connectivity index (χ0n) is 38.1. The normalized spacial score (nSPS) is 14.8. The van der Waals surface area contributed by atoms with Crippen molar-refractivity contribution in [3.05, 3.63) is 203 Å². The van der Waals surface area contributed by atoms with Crippen LogP contribution in [0.2, 0.25) is 0 Å². The number of thioether (sulfide) groups is 2. The molecule has 12 heteroatoms. The summed E-state index contributed by atoms with van der Waals surface area (Å²) in [5.74, 6) is 1.00. The molecule has 2 aromatic heterocycles. The summed E-state index contributed by atoms with van der Waals surface area (Å²) < 4.78 is 10.8. The average molecular weight is 969 g/mol. The number of hydrogen-bond acceptors (Lipinski definition) is 9. The monoisotopic (exact) mass is 968 g/mol. The van der Waals surface area contributed by atoms with Gasteiger partial charge in [0, 0.05) is 85.3 Å². The van der Waals surface area contributed by atoms with Gasteiger partial charge in [0.15, 0.2) is 0 Å². The molecule has 2 aliphatic rings. The summed E-state index contributed by atoms with van der Waals surface area (Å²) in [6, 6.07) is 60.7. The number of pyridine rings is 2. The summed E-state index contributed by atoms with van der Waals surface area (Å²) in [7, 11) is 3.55. The molecule has 8 nitrogen and oxygen atoms in total. The van der Waals surface area contributed by atoms with E-state index >= 15 is 0 Å². The largest absolute Gasteiger partial charge is 0.392 e. The number of para-hydroxylation sites is 6. The quantitative estimate of drug-likeness (QED) is 0.0250. The molecular weight excluding hydrogens is 917 g/mol. The summed E-state index contributed by atoms with van der Waals surface area (Å²) >= 11 is 8.01. The lowest BCUT2D eigenvalue weighted by atomic mass is 10.1. The average Bonchev–Trinajstić information content (AvgIpc) is 3.87. The second-order valence-corrected chi connectivity index (χ2v) is 22.3. The topological polar surface area (TPSA) is 68.6 Å². The van der Waals surface area contributed by atoms with Gasteiger partial charge in [0.1, 0.15) is 0 Å². The maximum absolute atomic E-state index is 8.67. The predicted octanol–water partition coefficient (Wildman–Crippen LogP) is 12.4. The highest BCUT2D eigenvalue weighted by Gasteiger charge is 2.47. The molecule has 2 N–H and O–H groups in total. The molecule has 0 spiro atoms. The Balaban J connectivity index is 1.35. The fourth-order valence-corrected chi connectivity index (χ4v) is 15.2. The molecule has 0 fully saturated rings. The van der Waals surface area contributed by atoms with Crippen molar-refractivity contribution in [1.82, 2.24) is 5.48 Å². The molecule has 0 atom stereocenters. The molecule has 0 amide bonds. The first-order valence-electron chi connectivity index (χ1n) is 22.3. The number of rotatable bonds is 14. The highest BCUT2D eigenvalue weighted by atomic mass is 32.3. The summed E-state index contributed by atoms with van der Waals surface area (Å²) in [5, 5.41) is 15.3. The molecule has 0 saturated heterocycles. The zero-order valence-corrected chi connectivity index (χ0v) is 41.5. The number of anilines is 2. The number of benzene rings is 6. The summed E-state index contributed by atoms with van der Waals surface area (Å²) in [4.78, 5) is 13.1. The van der Waals surface area contributed by atoms with Crippen molar-refractivity contribution in [3.63, 3.8) is 0 Å². The van der Waals surface area contributed by atoms with Crippen LogP contribution in [0.4, 0.5) is 11.4 Å². The Labute approximate surface area is 413 Å². The first-order valence-corrected chi connectivity index (χ1v) is 26.5. The number of nitrogens with zero attached hydrogens (tertiary/aromatic N) is 4. The standard InChI is InChI=1S/C56H51N6O2S4/c1-39(35-63-4)37-68(38-58-64-52(57)36-65,55-33-40(31-53-59(2)48-27-15-17-29-50(48)66-53)44-23-11-13-25-46(44)61(55)42-19-7-5-8-20-42)56-34-41(32-54-60(3)49-28-16-18-30-51(49)67-54)45-24-12-14-26-47(45)62(56)43-21-9-6-10-22-43/h5-34,57-58H,1,35-38H2,2-4H3/q+1/p+1. The van der Waals surface area contributed by atoms with E-state index in [1.54, 1.807) is 30.6 Å². The predicted molar refractivity (Wildman–Crippen MR) is 289 cm³/mol. The Morgan fingerprint density at radius 2 is 1.10 bits per heavy atom. The number of hydrogen-bond donors (Lipinski definition) is 3. The van der Waals surface area contributed by atoms with Crippen LogP contribution in [-0.4, -0.2) is 51.1 Å². The maximum Gasteiger partial charge on any atom is 0.240 e. The van der Waals surface area contributed by atoms with E-state index in [9.17, 15) is 0 Å². The van der Waals surface area contributed by atoms with E-state index in [0.29, 0.717) is 18.2 Å². The van der Waals surface area contributed by atoms with Crippen LogP contribution in [0.15, 0.2) is 212 Å². The first kappa shape index (κ1) is 45.5. The minimum atomic E-state index is -2.48. The molecule has 4 heterocycles. The number of thiol groups is 1. The van der Waals surface area contributed by atoms with E-state index in [-0.39, 0.29) is 11.7 Å². The Kier molecular flexibility index (Phi) is 13.2. The molecule has 0 bridgehead atoms. The van der Waals surface area contributed by atoms with Crippen LogP contribution in [0, 0.1) is 5.41 Å². The second kappa shape index (κ2) is 19.8. The lowest BCUT2D eigenvalue weighted by molar-refractivity contribution is -0.617. The van der Waals surface area contributed by atoms with Gasteiger partial charge >= 0.3 is 0 Å². The number of aromatic nitrogens is 2. The highest BCUT2D eigenvalue weighted by molar-refractivity contribution is 8.33. The third kappa shape index (κ3) is 8.61. The molecule has 2 aliphatic heterocycles.